The number of hydrogen-bond donors (Lipinski definition) is 1. The van der Waals surface area contributed by atoms with Crippen LogP contribution < -0.4 is 0 Å². The predicted molar refractivity (Wildman–Crippen MR) is 55.9 cm³/mol. The third kappa shape index (κ3) is 2.04. The van der Waals surface area contributed by atoms with Gasteiger partial charge in [0.25, 0.3) is 0 Å². The van der Waals surface area contributed by atoms with Crippen molar-refractivity contribution in [3.05, 3.63) is 11.9 Å². The minimum atomic E-state index is -1.05. The highest BCUT2D eigenvalue weighted by Crippen LogP contribution is 2.19. The minimum Gasteiger partial charge on any atom is -0.476 e. The van der Waals surface area contributed by atoms with E-state index in [-0.39, 0.29) is 11.7 Å². The first-order valence-corrected chi connectivity index (χ1v) is 5.01. The normalized spacial score (nSPS) is 16.7. The van der Waals surface area contributed by atoms with Gasteiger partial charge in [-0.15, -0.1) is 17.4 Å². The summed E-state index contributed by atoms with van der Waals surface area (Å²) in [6, 6.07) is 0.221. The average Bonchev–Trinajstić information content (AvgIpc) is 2.64. The van der Waals surface area contributed by atoms with Gasteiger partial charge in [0.15, 0.2) is 5.69 Å². The summed E-state index contributed by atoms with van der Waals surface area (Å²) < 4.78 is 1.61. The quantitative estimate of drug-likeness (QED) is 0.715. The Balaban J connectivity index is 1.87. The molecule has 0 saturated carbocycles. The predicted octanol–water partition coefficient (Wildman–Crippen LogP) is -0.144. The van der Waals surface area contributed by atoms with Crippen molar-refractivity contribution in [3.8, 4) is 12.3 Å². The molecule has 0 radical (unpaired) electrons. The first-order valence-electron chi connectivity index (χ1n) is 5.01. The zero-order valence-electron chi connectivity index (χ0n) is 8.70. The average molecular weight is 220 g/mol. The number of carbonyl (C=O) groups is 1. The lowest BCUT2D eigenvalue weighted by Crippen LogP contribution is -2.48. The summed E-state index contributed by atoms with van der Waals surface area (Å²) in [6.07, 6.45) is 7.37. The van der Waals surface area contributed by atoms with Crippen LogP contribution in [0.25, 0.3) is 0 Å². The SMILES string of the molecule is C#CCCN1CC(n2cc(C(=O)O)nn2)C1. The van der Waals surface area contributed by atoms with Crippen molar-refractivity contribution in [1.82, 2.24) is 19.9 Å². The van der Waals surface area contributed by atoms with Crippen molar-refractivity contribution in [2.24, 2.45) is 0 Å². The lowest BCUT2D eigenvalue weighted by molar-refractivity contribution is 0.0690. The second-order valence-electron chi connectivity index (χ2n) is 3.76. The number of aromatic nitrogens is 3. The van der Waals surface area contributed by atoms with Gasteiger partial charge in [0.1, 0.15) is 0 Å². The van der Waals surface area contributed by atoms with E-state index < -0.39 is 5.97 Å². The van der Waals surface area contributed by atoms with Gasteiger partial charge in [-0.05, 0) is 0 Å². The number of aromatic carboxylic acids is 1. The van der Waals surface area contributed by atoms with E-state index in [4.69, 9.17) is 11.5 Å². The monoisotopic (exact) mass is 220 g/mol. The number of terminal acetylenes is 1. The molecule has 1 aromatic rings. The van der Waals surface area contributed by atoms with E-state index >= 15 is 0 Å². The van der Waals surface area contributed by atoms with Crippen LogP contribution in [0.15, 0.2) is 6.20 Å². The van der Waals surface area contributed by atoms with Crippen LogP contribution in [-0.2, 0) is 0 Å². The van der Waals surface area contributed by atoms with Crippen LogP contribution in [0.3, 0.4) is 0 Å². The van der Waals surface area contributed by atoms with Gasteiger partial charge < -0.3 is 5.11 Å². The molecule has 2 rings (SSSR count). The molecule has 0 atom stereocenters. The van der Waals surface area contributed by atoms with Crippen molar-refractivity contribution in [2.75, 3.05) is 19.6 Å². The fourth-order valence-electron chi connectivity index (χ4n) is 1.67. The summed E-state index contributed by atoms with van der Waals surface area (Å²) in [7, 11) is 0. The molecular formula is C10H12N4O2. The molecule has 1 aliphatic rings. The fraction of sp³-hybridized carbons (Fsp3) is 0.500. The Morgan fingerprint density at radius 1 is 1.69 bits per heavy atom. The van der Waals surface area contributed by atoms with E-state index in [0.717, 1.165) is 26.1 Å². The second kappa shape index (κ2) is 4.33. The maximum Gasteiger partial charge on any atom is 0.358 e. The molecular weight excluding hydrogens is 208 g/mol. The van der Waals surface area contributed by atoms with Gasteiger partial charge in [-0.2, -0.15) is 0 Å². The maximum absolute atomic E-state index is 10.6. The number of carboxylic acids is 1. The highest BCUT2D eigenvalue weighted by Gasteiger charge is 2.28. The molecule has 1 aromatic heterocycles. The van der Waals surface area contributed by atoms with Crippen LogP contribution in [-0.4, -0.2) is 50.6 Å². The molecule has 0 spiro atoms. The number of nitrogens with zero attached hydrogens (tertiary/aromatic N) is 4. The number of carboxylic acid groups (broad SMARTS) is 1. The van der Waals surface area contributed by atoms with Crippen molar-refractivity contribution < 1.29 is 9.90 Å². The van der Waals surface area contributed by atoms with Crippen molar-refractivity contribution in [3.63, 3.8) is 0 Å². The lowest BCUT2D eigenvalue weighted by atomic mass is 10.1. The van der Waals surface area contributed by atoms with Gasteiger partial charge in [-0.25, -0.2) is 9.48 Å². The van der Waals surface area contributed by atoms with Crippen LogP contribution in [0, 0.1) is 12.3 Å². The van der Waals surface area contributed by atoms with Gasteiger partial charge in [0.05, 0.1) is 12.2 Å². The molecule has 0 unspecified atom stereocenters. The standard InChI is InChI=1S/C10H12N4O2/c1-2-3-4-13-5-8(6-13)14-7-9(10(15)16)11-12-14/h1,7-8H,3-6H2,(H,15,16). The van der Waals surface area contributed by atoms with Crippen LogP contribution in [0.1, 0.15) is 23.0 Å². The summed E-state index contributed by atoms with van der Waals surface area (Å²) in [4.78, 5) is 12.8. The van der Waals surface area contributed by atoms with E-state index in [2.05, 4.69) is 21.1 Å². The molecule has 1 aliphatic heterocycles. The van der Waals surface area contributed by atoms with Gasteiger partial charge >= 0.3 is 5.97 Å². The summed E-state index contributed by atoms with van der Waals surface area (Å²) in [5.74, 6) is 1.54. The molecule has 6 nitrogen and oxygen atoms in total. The fourth-order valence-corrected chi connectivity index (χ4v) is 1.67. The summed E-state index contributed by atoms with van der Waals surface area (Å²) >= 11 is 0. The number of hydrogen-bond acceptors (Lipinski definition) is 4. The summed E-state index contributed by atoms with van der Waals surface area (Å²) in [5, 5.41) is 16.1. The van der Waals surface area contributed by atoms with Gasteiger partial charge in [0, 0.05) is 26.1 Å². The largest absolute Gasteiger partial charge is 0.476 e. The minimum absolute atomic E-state index is 0.0120. The molecule has 1 saturated heterocycles. The van der Waals surface area contributed by atoms with E-state index in [1.807, 2.05) is 0 Å². The van der Waals surface area contributed by atoms with Crippen molar-refractivity contribution in [1.29, 1.82) is 0 Å². The van der Waals surface area contributed by atoms with Crippen molar-refractivity contribution >= 4 is 5.97 Å². The second-order valence-corrected chi connectivity index (χ2v) is 3.76. The van der Waals surface area contributed by atoms with Crippen LogP contribution >= 0.6 is 0 Å². The third-order valence-corrected chi connectivity index (χ3v) is 2.61. The molecule has 0 aliphatic carbocycles. The Hall–Kier alpha value is -1.87. The van der Waals surface area contributed by atoms with E-state index in [1.54, 1.807) is 4.68 Å². The van der Waals surface area contributed by atoms with E-state index in [9.17, 15) is 4.79 Å². The Kier molecular flexibility index (Phi) is 2.88. The van der Waals surface area contributed by atoms with Gasteiger partial charge in [0.2, 0.25) is 0 Å². The first-order chi connectivity index (χ1) is 7.70. The molecule has 1 N–H and O–H groups in total. The Bertz CT molecular complexity index is 428. The zero-order valence-corrected chi connectivity index (χ0v) is 8.70. The van der Waals surface area contributed by atoms with Crippen molar-refractivity contribution in [2.45, 2.75) is 12.5 Å². The summed E-state index contributed by atoms with van der Waals surface area (Å²) in [5.41, 5.74) is -0.0120. The van der Waals surface area contributed by atoms with Gasteiger partial charge in [-0.3, -0.25) is 4.90 Å². The smallest absolute Gasteiger partial charge is 0.358 e. The molecule has 16 heavy (non-hydrogen) atoms. The number of likely N-dealkylation sites (tertiary alicyclic amines) is 1. The van der Waals surface area contributed by atoms with E-state index in [1.165, 1.54) is 6.20 Å². The van der Waals surface area contributed by atoms with Gasteiger partial charge in [-0.1, -0.05) is 5.21 Å². The Labute approximate surface area is 92.9 Å². The molecule has 84 valence electrons. The Morgan fingerprint density at radius 2 is 2.44 bits per heavy atom. The highest BCUT2D eigenvalue weighted by atomic mass is 16.4. The zero-order chi connectivity index (χ0) is 11.5. The lowest BCUT2D eigenvalue weighted by Gasteiger charge is -2.38. The van der Waals surface area contributed by atoms with Crippen LogP contribution in [0.5, 0.6) is 0 Å². The maximum atomic E-state index is 10.6. The molecule has 0 aromatic carbocycles. The third-order valence-electron chi connectivity index (χ3n) is 2.61. The van der Waals surface area contributed by atoms with Crippen LogP contribution in [0.2, 0.25) is 0 Å². The molecule has 2 heterocycles. The Morgan fingerprint density at radius 3 is 3.00 bits per heavy atom. The topological polar surface area (TPSA) is 71.2 Å². The van der Waals surface area contributed by atoms with Crippen LogP contribution in [0.4, 0.5) is 0 Å². The number of rotatable bonds is 4. The highest BCUT2D eigenvalue weighted by molar-refractivity contribution is 5.84. The summed E-state index contributed by atoms with van der Waals surface area (Å²) in [6.45, 7) is 2.59. The molecule has 1 fully saturated rings. The van der Waals surface area contributed by atoms with E-state index in [0.29, 0.717) is 0 Å². The molecule has 0 amide bonds. The molecule has 0 bridgehead atoms. The molecule has 6 heteroatoms. The first kappa shape index (κ1) is 10.6.